The maximum absolute atomic E-state index is 11.7. The lowest BCUT2D eigenvalue weighted by atomic mass is 9.81. The van der Waals surface area contributed by atoms with Crippen LogP contribution >= 0.6 is 11.8 Å². The van der Waals surface area contributed by atoms with E-state index in [9.17, 15) is 9.59 Å². The fourth-order valence-electron chi connectivity index (χ4n) is 1.87. The average Bonchev–Trinajstić information content (AvgIpc) is 2.69. The van der Waals surface area contributed by atoms with Crippen molar-refractivity contribution < 1.29 is 9.59 Å². The first-order valence-electron chi connectivity index (χ1n) is 5.44. The van der Waals surface area contributed by atoms with E-state index in [1.165, 1.54) is 11.8 Å². The van der Waals surface area contributed by atoms with Gasteiger partial charge in [-0.05, 0) is 12.3 Å². The molecule has 1 atom stereocenters. The summed E-state index contributed by atoms with van der Waals surface area (Å²) in [5.41, 5.74) is 0.133. The number of aromatic nitrogens is 2. The number of thioether (sulfide) groups is 1. The summed E-state index contributed by atoms with van der Waals surface area (Å²) >= 11 is 1.43. The third-order valence-electron chi connectivity index (χ3n) is 2.97. The molecule has 3 amide bonds. The molecule has 7 heteroatoms. The molecular weight excluding hydrogens is 252 g/mol. The number of carbonyl (C=O) groups excluding carboxylic acids is 2. The first kappa shape index (κ1) is 12.8. The van der Waals surface area contributed by atoms with Crippen molar-refractivity contribution in [1.29, 1.82) is 0 Å². The summed E-state index contributed by atoms with van der Waals surface area (Å²) in [4.78, 5) is 31.4. The summed E-state index contributed by atoms with van der Waals surface area (Å²) in [6.07, 6.45) is 3.54. The van der Waals surface area contributed by atoms with Crippen LogP contribution in [-0.4, -0.2) is 34.2 Å². The van der Waals surface area contributed by atoms with E-state index in [0.717, 1.165) is 5.69 Å². The second-order valence-corrected chi connectivity index (χ2v) is 5.32. The molecule has 0 bridgehead atoms. The zero-order valence-corrected chi connectivity index (χ0v) is 11.2. The molecule has 0 aliphatic carbocycles. The SMILES string of the molecule is CSc1nccc(C(C)(C)C2NC(=O)NC2=O)n1. The van der Waals surface area contributed by atoms with Crippen LogP contribution < -0.4 is 10.6 Å². The Morgan fingerprint density at radius 1 is 1.39 bits per heavy atom. The van der Waals surface area contributed by atoms with E-state index in [1.54, 1.807) is 12.3 Å². The van der Waals surface area contributed by atoms with E-state index in [-0.39, 0.29) is 5.91 Å². The normalized spacial score (nSPS) is 19.6. The Bertz CT molecular complexity index is 504. The van der Waals surface area contributed by atoms with Crippen LogP contribution in [0, 0.1) is 0 Å². The molecule has 2 N–H and O–H groups in total. The molecule has 1 saturated heterocycles. The number of rotatable bonds is 3. The Morgan fingerprint density at radius 3 is 2.67 bits per heavy atom. The van der Waals surface area contributed by atoms with Gasteiger partial charge in [-0.25, -0.2) is 14.8 Å². The summed E-state index contributed by atoms with van der Waals surface area (Å²) in [7, 11) is 0. The third-order valence-corrected chi connectivity index (χ3v) is 3.53. The van der Waals surface area contributed by atoms with Gasteiger partial charge in [-0.3, -0.25) is 10.1 Å². The third kappa shape index (κ3) is 2.17. The average molecular weight is 266 g/mol. The summed E-state index contributed by atoms with van der Waals surface area (Å²) in [5.74, 6) is -0.325. The molecule has 0 radical (unpaired) electrons. The smallest absolute Gasteiger partial charge is 0.322 e. The highest BCUT2D eigenvalue weighted by Crippen LogP contribution is 2.28. The minimum Gasteiger partial charge on any atom is -0.325 e. The van der Waals surface area contributed by atoms with Gasteiger partial charge in [0.25, 0.3) is 5.91 Å². The van der Waals surface area contributed by atoms with Gasteiger partial charge in [-0.2, -0.15) is 0 Å². The minimum absolute atomic E-state index is 0.325. The number of urea groups is 1. The van der Waals surface area contributed by atoms with E-state index in [1.807, 2.05) is 20.1 Å². The van der Waals surface area contributed by atoms with Crippen LogP contribution in [0.2, 0.25) is 0 Å². The number of imide groups is 1. The molecular formula is C11H14N4O2S. The van der Waals surface area contributed by atoms with Crippen LogP contribution in [0.4, 0.5) is 4.79 Å². The van der Waals surface area contributed by atoms with Crippen LogP contribution in [0.5, 0.6) is 0 Å². The van der Waals surface area contributed by atoms with Crippen LogP contribution in [0.1, 0.15) is 19.5 Å². The van der Waals surface area contributed by atoms with E-state index < -0.39 is 17.5 Å². The van der Waals surface area contributed by atoms with Gasteiger partial charge >= 0.3 is 6.03 Å². The van der Waals surface area contributed by atoms with Crippen molar-refractivity contribution in [3.05, 3.63) is 18.0 Å². The highest BCUT2D eigenvalue weighted by atomic mass is 32.2. The minimum atomic E-state index is -0.616. The second-order valence-electron chi connectivity index (χ2n) is 4.55. The first-order valence-corrected chi connectivity index (χ1v) is 6.66. The predicted molar refractivity (Wildman–Crippen MR) is 67.3 cm³/mol. The number of amides is 3. The Morgan fingerprint density at radius 2 is 2.11 bits per heavy atom. The lowest BCUT2D eigenvalue weighted by molar-refractivity contribution is -0.121. The highest BCUT2D eigenvalue weighted by molar-refractivity contribution is 7.98. The van der Waals surface area contributed by atoms with Crippen LogP contribution in [0.15, 0.2) is 17.4 Å². The van der Waals surface area contributed by atoms with E-state index in [2.05, 4.69) is 20.6 Å². The molecule has 2 rings (SSSR count). The molecule has 0 spiro atoms. The van der Waals surface area contributed by atoms with Crippen LogP contribution in [0.25, 0.3) is 0 Å². The van der Waals surface area contributed by atoms with E-state index in [0.29, 0.717) is 5.16 Å². The second kappa shape index (κ2) is 4.56. The maximum atomic E-state index is 11.7. The van der Waals surface area contributed by atoms with E-state index in [4.69, 9.17) is 0 Å². The van der Waals surface area contributed by atoms with Crippen molar-refractivity contribution in [3.63, 3.8) is 0 Å². The fraction of sp³-hybridized carbons (Fsp3) is 0.455. The zero-order chi connectivity index (χ0) is 13.3. The fourth-order valence-corrected chi connectivity index (χ4v) is 2.23. The molecule has 1 aromatic rings. The molecule has 1 fully saturated rings. The van der Waals surface area contributed by atoms with Gasteiger partial charge in [-0.15, -0.1) is 0 Å². The molecule has 1 aliphatic rings. The Labute approximate surface area is 109 Å². The molecule has 6 nitrogen and oxygen atoms in total. The molecule has 1 aliphatic heterocycles. The lowest BCUT2D eigenvalue weighted by Crippen LogP contribution is -2.46. The summed E-state index contributed by atoms with van der Waals surface area (Å²) in [5, 5.41) is 5.49. The number of hydrogen-bond acceptors (Lipinski definition) is 5. The van der Waals surface area contributed by atoms with Crippen LogP contribution in [0.3, 0.4) is 0 Å². The lowest BCUT2D eigenvalue weighted by Gasteiger charge is -2.28. The maximum Gasteiger partial charge on any atom is 0.322 e. The standard InChI is InChI=1S/C11H14N4O2S/c1-11(2,7-8(16)15-9(17)14-7)6-4-5-12-10(13-6)18-3/h4-5,7H,1-3H3,(H2,14,15,16,17). The first-order chi connectivity index (χ1) is 8.45. The number of hydrogen-bond donors (Lipinski definition) is 2. The predicted octanol–water partition coefficient (Wildman–Crippen LogP) is 0.684. The Kier molecular flexibility index (Phi) is 3.25. The zero-order valence-electron chi connectivity index (χ0n) is 10.4. The molecule has 0 aromatic carbocycles. The number of nitrogens with zero attached hydrogens (tertiary/aromatic N) is 2. The Balaban J connectivity index is 2.35. The van der Waals surface area contributed by atoms with Gasteiger partial charge in [-0.1, -0.05) is 25.6 Å². The van der Waals surface area contributed by atoms with Crippen molar-refractivity contribution in [2.24, 2.45) is 0 Å². The van der Waals surface area contributed by atoms with Crippen molar-refractivity contribution in [2.45, 2.75) is 30.5 Å². The largest absolute Gasteiger partial charge is 0.325 e. The van der Waals surface area contributed by atoms with Gasteiger partial charge in [0.2, 0.25) is 0 Å². The van der Waals surface area contributed by atoms with E-state index >= 15 is 0 Å². The topological polar surface area (TPSA) is 84.0 Å². The Hall–Kier alpha value is -1.63. The number of carbonyl (C=O) groups is 2. The molecule has 96 valence electrons. The summed E-state index contributed by atoms with van der Waals surface area (Å²) in [6, 6.07) is 0.684. The monoisotopic (exact) mass is 266 g/mol. The summed E-state index contributed by atoms with van der Waals surface area (Å²) in [6.45, 7) is 3.74. The van der Waals surface area contributed by atoms with Crippen molar-refractivity contribution in [2.75, 3.05) is 6.26 Å². The molecule has 2 heterocycles. The number of nitrogens with one attached hydrogen (secondary N) is 2. The molecule has 1 aromatic heterocycles. The van der Waals surface area contributed by atoms with Gasteiger partial charge in [0.05, 0.1) is 5.69 Å². The quantitative estimate of drug-likeness (QED) is 0.477. The van der Waals surface area contributed by atoms with Crippen molar-refractivity contribution in [3.8, 4) is 0 Å². The highest BCUT2D eigenvalue weighted by Gasteiger charge is 2.43. The van der Waals surface area contributed by atoms with Crippen LogP contribution in [-0.2, 0) is 10.2 Å². The molecule has 18 heavy (non-hydrogen) atoms. The van der Waals surface area contributed by atoms with Gasteiger partial charge in [0.1, 0.15) is 6.04 Å². The van der Waals surface area contributed by atoms with Crippen molar-refractivity contribution in [1.82, 2.24) is 20.6 Å². The summed E-state index contributed by atoms with van der Waals surface area (Å²) < 4.78 is 0. The molecule has 0 saturated carbocycles. The van der Waals surface area contributed by atoms with Gasteiger partial charge in [0.15, 0.2) is 5.16 Å². The molecule has 1 unspecified atom stereocenters. The van der Waals surface area contributed by atoms with Gasteiger partial charge < -0.3 is 5.32 Å². The van der Waals surface area contributed by atoms with Crippen molar-refractivity contribution >= 4 is 23.7 Å². The van der Waals surface area contributed by atoms with Gasteiger partial charge in [0, 0.05) is 11.6 Å².